The fourth-order valence-corrected chi connectivity index (χ4v) is 2.17. The molecule has 0 aliphatic heterocycles. The number of aromatic nitrogens is 2. The normalized spacial score (nSPS) is 10.4. The van der Waals surface area contributed by atoms with Crippen molar-refractivity contribution in [2.75, 3.05) is 5.73 Å². The summed E-state index contributed by atoms with van der Waals surface area (Å²) in [5.74, 6) is 0.548. The highest BCUT2D eigenvalue weighted by atomic mass is 32.1. The summed E-state index contributed by atoms with van der Waals surface area (Å²) in [6, 6.07) is 3.79. The second-order valence-corrected chi connectivity index (χ2v) is 4.15. The third-order valence-corrected chi connectivity index (χ3v) is 2.95. The molecule has 0 saturated carbocycles. The fraction of sp³-hybridized carbons (Fsp3) is 0.200. The lowest BCUT2D eigenvalue weighted by Crippen LogP contribution is -1.89. The molecular weight excluding hydrogens is 194 g/mol. The summed E-state index contributed by atoms with van der Waals surface area (Å²) in [6.45, 7) is 4.07. The van der Waals surface area contributed by atoms with Gasteiger partial charge in [-0.15, -0.1) is 0 Å². The van der Waals surface area contributed by atoms with Crippen molar-refractivity contribution in [3.8, 4) is 11.1 Å². The van der Waals surface area contributed by atoms with Gasteiger partial charge in [-0.1, -0.05) is 0 Å². The molecule has 2 aromatic rings. The lowest BCUT2D eigenvalue weighted by molar-refractivity contribution is 1.30. The zero-order valence-electron chi connectivity index (χ0n) is 8.11. The first kappa shape index (κ1) is 9.15. The maximum Gasteiger partial charge on any atom is 0.123 e. The Hall–Kier alpha value is -1.42. The quantitative estimate of drug-likeness (QED) is 0.777. The molecule has 14 heavy (non-hydrogen) atoms. The van der Waals surface area contributed by atoms with Crippen molar-refractivity contribution in [2.45, 2.75) is 13.8 Å². The van der Waals surface area contributed by atoms with Crippen molar-refractivity contribution >= 4 is 17.4 Å². The van der Waals surface area contributed by atoms with Crippen LogP contribution in [-0.2, 0) is 0 Å². The summed E-state index contributed by atoms with van der Waals surface area (Å²) < 4.78 is 4.30. The van der Waals surface area contributed by atoms with E-state index in [2.05, 4.69) is 16.3 Å². The van der Waals surface area contributed by atoms with Crippen LogP contribution in [0.4, 0.5) is 5.82 Å². The number of nitrogens with two attached hydrogens (primary N) is 1. The summed E-state index contributed by atoms with van der Waals surface area (Å²) in [7, 11) is 0. The average Bonchev–Trinajstić information content (AvgIpc) is 2.49. The van der Waals surface area contributed by atoms with Gasteiger partial charge in [0, 0.05) is 22.2 Å². The van der Waals surface area contributed by atoms with Gasteiger partial charge < -0.3 is 5.73 Å². The van der Waals surface area contributed by atoms with Crippen LogP contribution < -0.4 is 5.73 Å². The first-order chi connectivity index (χ1) is 6.68. The molecule has 0 spiro atoms. The topological polar surface area (TPSA) is 51.8 Å². The Morgan fingerprint density at radius 3 is 2.57 bits per heavy atom. The van der Waals surface area contributed by atoms with E-state index in [1.807, 2.05) is 19.1 Å². The van der Waals surface area contributed by atoms with Gasteiger partial charge in [0.2, 0.25) is 0 Å². The van der Waals surface area contributed by atoms with Gasteiger partial charge in [-0.25, -0.2) is 4.98 Å². The van der Waals surface area contributed by atoms with Crippen LogP contribution >= 0.6 is 11.5 Å². The zero-order chi connectivity index (χ0) is 10.1. The van der Waals surface area contributed by atoms with Crippen molar-refractivity contribution < 1.29 is 0 Å². The second kappa shape index (κ2) is 3.38. The van der Waals surface area contributed by atoms with Crippen LogP contribution in [0.25, 0.3) is 11.1 Å². The molecule has 0 atom stereocenters. The van der Waals surface area contributed by atoms with Crippen molar-refractivity contribution in [1.29, 1.82) is 0 Å². The molecule has 2 rings (SSSR count). The van der Waals surface area contributed by atoms with E-state index in [1.165, 1.54) is 22.0 Å². The van der Waals surface area contributed by atoms with Crippen LogP contribution in [0.1, 0.15) is 10.6 Å². The highest BCUT2D eigenvalue weighted by Crippen LogP contribution is 2.28. The average molecular weight is 205 g/mol. The van der Waals surface area contributed by atoms with Gasteiger partial charge >= 0.3 is 0 Å². The molecule has 0 unspecified atom stereocenters. The molecule has 72 valence electrons. The van der Waals surface area contributed by atoms with Crippen LogP contribution in [0.3, 0.4) is 0 Å². The summed E-state index contributed by atoms with van der Waals surface area (Å²) in [4.78, 5) is 5.29. The Balaban J connectivity index is 2.54. The number of aryl methyl sites for hydroxylation is 2. The predicted molar refractivity (Wildman–Crippen MR) is 59.2 cm³/mol. The van der Waals surface area contributed by atoms with E-state index in [1.54, 1.807) is 6.20 Å². The van der Waals surface area contributed by atoms with Crippen LogP contribution in [0.15, 0.2) is 18.3 Å². The van der Waals surface area contributed by atoms with Gasteiger partial charge in [0.15, 0.2) is 0 Å². The minimum atomic E-state index is 0.548. The van der Waals surface area contributed by atoms with Crippen molar-refractivity contribution in [1.82, 2.24) is 9.36 Å². The molecule has 3 nitrogen and oxygen atoms in total. The van der Waals surface area contributed by atoms with Gasteiger partial charge in [0.1, 0.15) is 5.82 Å². The van der Waals surface area contributed by atoms with Crippen LogP contribution in [-0.4, -0.2) is 9.36 Å². The Morgan fingerprint density at radius 2 is 2.07 bits per heavy atom. The van der Waals surface area contributed by atoms with E-state index in [4.69, 9.17) is 5.73 Å². The molecule has 0 bridgehead atoms. The highest BCUT2D eigenvalue weighted by Gasteiger charge is 2.08. The maximum atomic E-state index is 5.53. The molecule has 4 heteroatoms. The number of nitrogen functional groups attached to an aromatic ring is 1. The number of nitrogens with zero attached hydrogens (tertiary/aromatic N) is 2. The van der Waals surface area contributed by atoms with E-state index in [0.29, 0.717) is 5.82 Å². The number of hydrogen-bond acceptors (Lipinski definition) is 4. The highest BCUT2D eigenvalue weighted by molar-refractivity contribution is 7.06. The maximum absolute atomic E-state index is 5.53. The third-order valence-electron chi connectivity index (χ3n) is 2.11. The van der Waals surface area contributed by atoms with Crippen molar-refractivity contribution in [3.63, 3.8) is 0 Å². The van der Waals surface area contributed by atoms with Crippen molar-refractivity contribution in [3.05, 3.63) is 28.9 Å². The monoisotopic (exact) mass is 205 g/mol. The molecule has 2 aromatic heterocycles. The van der Waals surface area contributed by atoms with Gasteiger partial charge in [0.05, 0.1) is 5.69 Å². The SMILES string of the molecule is Cc1nsc(C)c1-c1ccc(N)nc1. The number of rotatable bonds is 1. The molecule has 2 heterocycles. The Bertz CT molecular complexity index is 425. The van der Waals surface area contributed by atoms with E-state index >= 15 is 0 Å². The first-order valence-corrected chi connectivity index (χ1v) is 5.10. The van der Waals surface area contributed by atoms with E-state index in [-0.39, 0.29) is 0 Å². The zero-order valence-corrected chi connectivity index (χ0v) is 8.93. The van der Waals surface area contributed by atoms with Crippen molar-refractivity contribution in [2.24, 2.45) is 0 Å². The molecule has 0 fully saturated rings. The molecule has 0 aliphatic rings. The van der Waals surface area contributed by atoms with Gasteiger partial charge in [-0.05, 0) is 37.5 Å². The standard InChI is InChI=1S/C10H11N3S/c1-6-10(7(2)14-13-6)8-3-4-9(11)12-5-8/h3-5H,1-2H3,(H2,11,12). The lowest BCUT2D eigenvalue weighted by atomic mass is 10.1. The van der Waals surface area contributed by atoms with Gasteiger partial charge in [-0.2, -0.15) is 4.37 Å². The molecule has 0 aliphatic carbocycles. The second-order valence-electron chi connectivity index (χ2n) is 3.17. The molecule has 0 radical (unpaired) electrons. The number of anilines is 1. The minimum Gasteiger partial charge on any atom is -0.384 e. The van der Waals surface area contributed by atoms with Crippen LogP contribution in [0, 0.1) is 13.8 Å². The number of hydrogen-bond donors (Lipinski definition) is 1. The van der Waals surface area contributed by atoms with E-state index in [9.17, 15) is 0 Å². The Labute approximate surface area is 86.8 Å². The minimum absolute atomic E-state index is 0.548. The van der Waals surface area contributed by atoms with E-state index in [0.717, 1.165) is 11.3 Å². The molecule has 0 amide bonds. The fourth-order valence-electron chi connectivity index (χ4n) is 1.45. The number of pyridine rings is 1. The molecule has 2 N–H and O–H groups in total. The van der Waals surface area contributed by atoms with Gasteiger partial charge in [-0.3, -0.25) is 0 Å². The molecule has 0 aromatic carbocycles. The smallest absolute Gasteiger partial charge is 0.123 e. The summed E-state index contributed by atoms with van der Waals surface area (Å²) >= 11 is 1.52. The van der Waals surface area contributed by atoms with Crippen LogP contribution in [0.2, 0.25) is 0 Å². The summed E-state index contributed by atoms with van der Waals surface area (Å²) in [5, 5.41) is 0. The van der Waals surface area contributed by atoms with E-state index < -0.39 is 0 Å². The third kappa shape index (κ3) is 1.48. The largest absolute Gasteiger partial charge is 0.384 e. The summed E-state index contributed by atoms with van der Waals surface area (Å²) in [6.07, 6.45) is 1.79. The first-order valence-electron chi connectivity index (χ1n) is 4.33. The Kier molecular flexibility index (Phi) is 2.21. The predicted octanol–water partition coefficient (Wildman–Crippen LogP) is 2.40. The van der Waals surface area contributed by atoms with Gasteiger partial charge in [0.25, 0.3) is 0 Å². The molecular formula is C10H11N3S. The summed E-state index contributed by atoms with van der Waals surface area (Å²) in [5.41, 5.74) is 8.86. The Morgan fingerprint density at radius 1 is 1.29 bits per heavy atom. The van der Waals surface area contributed by atoms with Crippen LogP contribution in [0.5, 0.6) is 0 Å². The molecule has 0 saturated heterocycles. The lowest BCUT2D eigenvalue weighted by Gasteiger charge is -2.00.